The van der Waals surface area contributed by atoms with Crippen LogP contribution in [0.4, 0.5) is 0 Å². The molecule has 0 unspecified atom stereocenters. The number of thiophene rings is 1. The SMILES string of the molecule is CCc1ccc(/C=N\NC(=O)c2cc(-c3ccc(Cl)s3)[nH]n2)cc1. The third-order valence-electron chi connectivity index (χ3n) is 3.42. The summed E-state index contributed by atoms with van der Waals surface area (Å²) in [5, 5.41) is 10.8. The first-order valence-corrected chi connectivity index (χ1v) is 8.58. The van der Waals surface area contributed by atoms with E-state index in [1.54, 1.807) is 18.3 Å². The van der Waals surface area contributed by atoms with Crippen molar-refractivity contribution in [3.05, 3.63) is 63.6 Å². The van der Waals surface area contributed by atoms with Gasteiger partial charge in [-0.3, -0.25) is 9.89 Å². The van der Waals surface area contributed by atoms with E-state index in [1.165, 1.54) is 16.9 Å². The number of aromatic nitrogens is 2. The molecule has 2 heterocycles. The zero-order chi connectivity index (χ0) is 16.9. The fourth-order valence-corrected chi connectivity index (χ4v) is 3.09. The molecule has 0 spiro atoms. The molecule has 0 aliphatic rings. The van der Waals surface area contributed by atoms with Crippen molar-refractivity contribution >= 4 is 35.1 Å². The minimum atomic E-state index is -0.374. The number of halogens is 1. The zero-order valence-corrected chi connectivity index (χ0v) is 14.5. The average molecular weight is 359 g/mol. The Hall–Kier alpha value is -2.44. The molecule has 2 aromatic heterocycles. The summed E-state index contributed by atoms with van der Waals surface area (Å²) in [6.45, 7) is 2.10. The molecule has 5 nitrogen and oxygen atoms in total. The molecule has 0 aliphatic carbocycles. The lowest BCUT2D eigenvalue weighted by Gasteiger charge is -1.97. The number of aromatic amines is 1. The maximum atomic E-state index is 12.1. The van der Waals surface area contributed by atoms with Crippen LogP contribution in [0.5, 0.6) is 0 Å². The zero-order valence-electron chi connectivity index (χ0n) is 12.9. The number of hydrogen-bond donors (Lipinski definition) is 2. The van der Waals surface area contributed by atoms with Crippen molar-refractivity contribution in [2.75, 3.05) is 0 Å². The van der Waals surface area contributed by atoms with Crippen LogP contribution >= 0.6 is 22.9 Å². The summed E-state index contributed by atoms with van der Waals surface area (Å²) in [4.78, 5) is 13.0. The van der Waals surface area contributed by atoms with Crippen LogP contribution in [0.2, 0.25) is 4.34 Å². The summed E-state index contributed by atoms with van der Waals surface area (Å²) in [6.07, 6.45) is 2.59. The fraction of sp³-hybridized carbons (Fsp3) is 0.118. The van der Waals surface area contributed by atoms with E-state index in [0.717, 1.165) is 22.6 Å². The third-order valence-corrected chi connectivity index (χ3v) is 4.68. The number of carbonyl (C=O) groups is 1. The van der Waals surface area contributed by atoms with Gasteiger partial charge in [0.2, 0.25) is 0 Å². The first kappa shape index (κ1) is 16.4. The fourth-order valence-electron chi connectivity index (χ4n) is 2.09. The van der Waals surface area contributed by atoms with E-state index in [9.17, 15) is 4.79 Å². The Balaban J connectivity index is 1.62. The molecule has 0 atom stereocenters. The van der Waals surface area contributed by atoms with Crippen LogP contribution in [0.1, 0.15) is 28.5 Å². The molecule has 7 heteroatoms. The minimum absolute atomic E-state index is 0.271. The highest BCUT2D eigenvalue weighted by Crippen LogP contribution is 2.29. The van der Waals surface area contributed by atoms with Gasteiger partial charge in [-0.15, -0.1) is 11.3 Å². The third kappa shape index (κ3) is 3.90. The molecule has 0 fully saturated rings. The molecule has 122 valence electrons. The first-order valence-electron chi connectivity index (χ1n) is 7.39. The molecular weight excluding hydrogens is 344 g/mol. The smallest absolute Gasteiger partial charge is 0.276 e. The highest BCUT2D eigenvalue weighted by molar-refractivity contribution is 7.19. The molecule has 1 amide bonds. The van der Waals surface area contributed by atoms with E-state index < -0.39 is 0 Å². The topological polar surface area (TPSA) is 70.1 Å². The Bertz CT molecular complexity index is 867. The van der Waals surface area contributed by atoms with Crippen molar-refractivity contribution in [2.45, 2.75) is 13.3 Å². The van der Waals surface area contributed by atoms with Gasteiger partial charge in [0.05, 0.1) is 21.1 Å². The van der Waals surface area contributed by atoms with Gasteiger partial charge in [0.1, 0.15) is 0 Å². The predicted octanol–water partition coefficient (Wildman–Crippen LogP) is 4.12. The standard InChI is InChI=1S/C17H15ClN4OS/c1-2-11-3-5-12(6-4-11)10-19-22-17(23)14-9-13(20-21-14)15-7-8-16(18)24-15/h3-10H,2H2,1H3,(H,20,21)(H,22,23)/b19-10-. The number of nitrogens with one attached hydrogen (secondary N) is 2. The Morgan fingerprint density at radius 1 is 1.33 bits per heavy atom. The second-order valence-electron chi connectivity index (χ2n) is 5.06. The molecule has 0 bridgehead atoms. The molecule has 0 saturated heterocycles. The molecule has 3 rings (SSSR count). The largest absolute Gasteiger partial charge is 0.291 e. The van der Waals surface area contributed by atoms with Crippen molar-refractivity contribution in [1.82, 2.24) is 15.6 Å². The number of hydrazone groups is 1. The number of aryl methyl sites for hydroxylation is 1. The molecule has 0 radical (unpaired) electrons. The van der Waals surface area contributed by atoms with Gasteiger partial charge in [0.15, 0.2) is 5.69 Å². The maximum absolute atomic E-state index is 12.1. The van der Waals surface area contributed by atoms with Crippen molar-refractivity contribution < 1.29 is 4.79 Å². The van der Waals surface area contributed by atoms with Gasteiger partial charge in [-0.05, 0) is 35.7 Å². The molecule has 0 saturated carbocycles. The van der Waals surface area contributed by atoms with Gasteiger partial charge < -0.3 is 0 Å². The van der Waals surface area contributed by atoms with E-state index in [2.05, 4.69) is 27.6 Å². The number of H-pyrrole nitrogens is 1. The number of hydrogen-bond acceptors (Lipinski definition) is 4. The van der Waals surface area contributed by atoms with Crippen LogP contribution in [0.3, 0.4) is 0 Å². The minimum Gasteiger partial charge on any atom is -0.276 e. The van der Waals surface area contributed by atoms with Crippen molar-refractivity contribution in [2.24, 2.45) is 5.10 Å². The lowest BCUT2D eigenvalue weighted by molar-refractivity contribution is 0.0950. The summed E-state index contributed by atoms with van der Waals surface area (Å²) < 4.78 is 0.685. The van der Waals surface area contributed by atoms with Crippen molar-refractivity contribution in [3.8, 4) is 10.6 Å². The number of benzene rings is 1. The van der Waals surface area contributed by atoms with E-state index in [4.69, 9.17) is 11.6 Å². The number of nitrogens with zero attached hydrogens (tertiary/aromatic N) is 2. The Morgan fingerprint density at radius 3 is 2.79 bits per heavy atom. The summed E-state index contributed by atoms with van der Waals surface area (Å²) in [7, 11) is 0. The maximum Gasteiger partial charge on any atom is 0.291 e. The lowest BCUT2D eigenvalue weighted by atomic mass is 10.1. The van der Waals surface area contributed by atoms with E-state index >= 15 is 0 Å². The molecular formula is C17H15ClN4OS. The van der Waals surface area contributed by atoms with Crippen molar-refractivity contribution in [1.29, 1.82) is 0 Å². The van der Waals surface area contributed by atoms with Gasteiger partial charge in [-0.1, -0.05) is 42.8 Å². The summed E-state index contributed by atoms with van der Waals surface area (Å²) in [5.74, 6) is -0.374. The summed E-state index contributed by atoms with van der Waals surface area (Å²) >= 11 is 7.33. The average Bonchev–Trinajstić information content (AvgIpc) is 3.24. The quantitative estimate of drug-likeness (QED) is 0.532. The normalized spacial score (nSPS) is 11.1. The van der Waals surface area contributed by atoms with E-state index in [1.807, 2.05) is 30.3 Å². The highest BCUT2D eigenvalue weighted by atomic mass is 35.5. The highest BCUT2D eigenvalue weighted by Gasteiger charge is 2.11. The molecule has 1 aromatic carbocycles. The van der Waals surface area contributed by atoms with Crippen LogP contribution in [0.15, 0.2) is 47.6 Å². The van der Waals surface area contributed by atoms with Gasteiger partial charge in [-0.25, -0.2) is 5.43 Å². The number of rotatable bonds is 5. The van der Waals surface area contributed by atoms with Crippen LogP contribution in [0.25, 0.3) is 10.6 Å². The van der Waals surface area contributed by atoms with Gasteiger partial charge in [0, 0.05) is 0 Å². The Morgan fingerprint density at radius 2 is 2.12 bits per heavy atom. The summed E-state index contributed by atoms with van der Waals surface area (Å²) in [6, 6.07) is 13.3. The second kappa shape index (κ2) is 7.42. The van der Waals surface area contributed by atoms with Gasteiger partial charge in [0.25, 0.3) is 5.91 Å². The van der Waals surface area contributed by atoms with E-state index in [0.29, 0.717) is 4.34 Å². The van der Waals surface area contributed by atoms with Crippen LogP contribution in [-0.2, 0) is 6.42 Å². The van der Waals surface area contributed by atoms with E-state index in [-0.39, 0.29) is 11.6 Å². The predicted molar refractivity (Wildman–Crippen MR) is 97.8 cm³/mol. The van der Waals surface area contributed by atoms with Crippen LogP contribution < -0.4 is 5.43 Å². The lowest BCUT2D eigenvalue weighted by Crippen LogP contribution is -2.17. The molecule has 3 aromatic rings. The Kier molecular flexibility index (Phi) is 5.08. The van der Waals surface area contributed by atoms with Gasteiger partial charge in [-0.2, -0.15) is 10.2 Å². The van der Waals surface area contributed by atoms with Crippen molar-refractivity contribution in [3.63, 3.8) is 0 Å². The van der Waals surface area contributed by atoms with Gasteiger partial charge >= 0.3 is 0 Å². The molecule has 24 heavy (non-hydrogen) atoms. The van der Waals surface area contributed by atoms with Crippen LogP contribution in [0, 0.1) is 0 Å². The molecule has 2 N–H and O–H groups in total. The second-order valence-corrected chi connectivity index (χ2v) is 6.78. The number of amides is 1. The number of carbonyl (C=O) groups excluding carboxylic acids is 1. The molecule has 0 aliphatic heterocycles. The Labute approximate surface area is 148 Å². The van der Waals surface area contributed by atoms with Crippen LogP contribution in [-0.4, -0.2) is 22.3 Å². The monoisotopic (exact) mass is 358 g/mol. The summed E-state index contributed by atoms with van der Waals surface area (Å²) in [5.41, 5.74) is 5.67. The first-order chi connectivity index (χ1) is 11.7.